The predicted molar refractivity (Wildman–Crippen MR) is 79.1 cm³/mol. The van der Waals surface area contributed by atoms with Crippen LogP contribution in [0.5, 0.6) is 0 Å². The summed E-state index contributed by atoms with van der Waals surface area (Å²) in [7, 11) is -3.91. The molecule has 1 unspecified atom stereocenters. The minimum absolute atomic E-state index is 0.0955. The molecule has 0 aliphatic heterocycles. The van der Waals surface area contributed by atoms with Crippen LogP contribution in [-0.4, -0.2) is 25.5 Å². The summed E-state index contributed by atoms with van der Waals surface area (Å²) in [6, 6.07) is -0.252. The minimum Gasteiger partial charge on any atom is -0.478 e. The van der Waals surface area contributed by atoms with E-state index in [1.165, 1.54) is 13.8 Å². The summed E-state index contributed by atoms with van der Waals surface area (Å²) in [5, 5.41) is 9.18. The number of nitrogens with one attached hydrogen (secondary N) is 1. The van der Waals surface area contributed by atoms with Crippen LogP contribution in [0.1, 0.15) is 61.4 Å². The third kappa shape index (κ3) is 4.31. The molecule has 0 saturated heterocycles. The van der Waals surface area contributed by atoms with Crippen LogP contribution in [-0.2, 0) is 10.0 Å². The van der Waals surface area contributed by atoms with Crippen molar-refractivity contribution in [3.8, 4) is 0 Å². The van der Waals surface area contributed by atoms with Crippen molar-refractivity contribution in [3.63, 3.8) is 0 Å². The number of rotatable bonds is 8. The van der Waals surface area contributed by atoms with E-state index in [4.69, 9.17) is 4.42 Å². The quantitative estimate of drug-likeness (QED) is 0.719. The monoisotopic (exact) mass is 317 g/mol. The molecule has 7 heteroatoms. The molecule has 0 bridgehead atoms. The molecule has 0 radical (unpaired) electrons. The first kappa shape index (κ1) is 17.7. The summed E-state index contributed by atoms with van der Waals surface area (Å²) in [6.07, 6.45) is 3.74. The molecule has 6 nitrogen and oxygen atoms in total. The van der Waals surface area contributed by atoms with Gasteiger partial charge in [-0.3, -0.25) is 0 Å². The Morgan fingerprint density at radius 3 is 2.43 bits per heavy atom. The van der Waals surface area contributed by atoms with Gasteiger partial charge in [0.05, 0.1) is 0 Å². The topological polar surface area (TPSA) is 96.6 Å². The number of hydrogen-bond donors (Lipinski definition) is 2. The van der Waals surface area contributed by atoms with Crippen LogP contribution in [0.15, 0.2) is 9.31 Å². The zero-order chi connectivity index (χ0) is 16.2. The van der Waals surface area contributed by atoms with Gasteiger partial charge in [-0.25, -0.2) is 17.9 Å². The van der Waals surface area contributed by atoms with Crippen molar-refractivity contribution in [2.45, 2.75) is 64.3 Å². The summed E-state index contributed by atoms with van der Waals surface area (Å²) in [4.78, 5) is 11.0. The van der Waals surface area contributed by atoms with Crippen molar-refractivity contribution >= 4 is 16.0 Å². The van der Waals surface area contributed by atoms with Crippen LogP contribution in [0.3, 0.4) is 0 Å². The largest absolute Gasteiger partial charge is 0.478 e. The lowest BCUT2D eigenvalue weighted by Gasteiger charge is -2.14. The highest BCUT2D eigenvalue weighted by Crippen LogP contribution is 2.26. The molecule has 21 heavy (non-hydrogen) atoms. The molecule has 1 heterocycles. The molecule has 0 spiro atoms. The van der Waals surface area contributed by atoms with Gasteiger partial charge in [-0.2, -0.15) is 0 Å². The van der Waals surface area contributed by atoms with Crippen LogP contribution in [0, 0.1) is 13.8 Å². The predicted octanol–water partition coefficient (Wildman–Crippen LogP) is 2.84. The van der Waals surface area contributed by atoms with Gasteiger partial charge in [-0.15, -0.1) is 0 Å². The molecule has 0 amide bonds. The number of hydrogen-bond acceptors (Lipinski definition) is 4. The van der Waals surface area contributed by atoms with Crippen LogP contribution in [0.25, 0.3) is 0 Å². The van der Waals surface area contributed by atoms with Gasteiger partial charge < -0.3 is 9.52 Å². The van der Waals surface area contributed by atoms with Crippen molar-refractivity contribution < 1.29 is 22.7 Å². The summed E-state index contributed by atoms with van der Waals surface area (Å²) >= 11 is 0. The van der Waals surface area contributed by atoms with Gasteiger partial charge in [0.2, 0.25) is 10.0 Å². The maximum absolute atomic E-state index is 12.4. The van der Waals surface area contributed by atoms with Crippen LogP contribution in [0.4, 0.5) is 0 Å². The number of sulfonamides is 1. The first-order valence-electron chi connectivity index (χ1n) is 7.06. The van der Waals surface area contributed by atoms with Crippen molar-refractivity contribution in [1.82, 2.24) is 4.72 Å². The maximum Gasteiger partial charge on any atom is 0.340 e. The molecule has 1 aromatic heterocycles. The fraction of sp³-hybridized carbons (Fsp3) is 0.643. The van der Waals surface area contributed by atoms with E-state index in [0.717, 1.165) is 19.3 Å². The van der Waals surface area contributed by atoms with E-state index >= 15 is 0 Å². The molecular weight excluding hydrogens is 294 g/mol. The molecule has 1 atom stereocenters. The molecule has 1 rings (SSSR count). The number of carbonyl (C=O) groups is 1. The molecule has 2 N–H and O–H groups in total. The number of furan rings is 1. The molecule has 120 valence electrons. The number of carboxylic acids is 1. The fourth-order valence-electron chi connectivity index (χ4n) is 2.32. The van der Waals surface area contributed by atoms with E-state index in [0.29, 0.717) is 6.42 Å². The number of carboxylic acid groups (broad SMARTS) is 1. The smallest absolute Gasteiger partial charge is 0.340 e. The number of unbranched alkanes of at least 4 members (excludes halogenated alkanes) is 2. The van der Waals surface area contributed by atoms with E-state index in [9.17, 15) is 18.3 Å². The van der Waals surface area contributed by atoms with Gasteiger partial charge in [0, 0.05) is 6.04 Å². The maximum atomic E-state index is 12.4. The Kier molecular flexibility index (Phi) is 5.98. The molecule has 0 aliphatic carbocycles. The lowest BCUT2D eigenvalue weighted by Crippen LogP contribution is -2.33. The van der Waals surface area contributed by atoms with Gasteiger partial charge in [0.15, 0.2) is 0 Å². The van der Waals surface area contributed by atoms with Gasteiger partial charge in [0.1, 0.15) is 22.0 Å². The summed E-state index contributed by atoms with van der Waals surface area (Å²) in [5.41, 5.74) is -0.291. The lowest BCUT2D eigenvalue weighted by molar-refractivity contribution is 0.0691. The van der Waals surface area contributed by atoms with Gasteiger partial charge in [-0.05, 0) is 27.2 Å². The minimum atomic E-state index is -3.91. The normalized spacial score (nSPS) is 13.3. The first-order chi connectivity index (χ1) is 9.70. The van der Waals surface area contributed by atoms with Crippen LogP contribution in [0.2, 0.25) is 0 Å². The van der Waals surface area contributed by atoms with E-state index in [1.807, 2.05) is 0 Å². The van der Waals surface area contributed by atoms with E-state index < -0.39 is 16.0 Å². The molecular formula is C14H23NO5S. The molecule has 0 aliphatic rings. The Morgan fingerprint density at radius 2 is 1.90 bits per heavy atom. The zero-order valence-corrected chi connectivity index (χ0v) is 13.7. The SMILES string of the molecule is CCCCCC(C)NS(=O)(=O)c1c(C)oc(C)c1C(=O)O. The average Bonchev–Trinajstić information content (AvgIpc) is 2.64. The summed E-state index contributed by atoms with van der Waals surface area (Å²) in [5.74, 6) is -1.11. The highest BCUT2D eigenvalue weighted by molar-refractivity contribution is 7.89. The second-order valence-corrected chi connectivity index (χ2v) is 6.89. The second-order valence-electron chi connectivity index (χ2n) is 5.24. The highest BCUT2D eigenvalue weighted by atomic mass is 32.2. The van der Waals surface area contributed by atoms with Gasteiger partial charge in [0.25, 0.3) is 0 Å². The highest BCUT2D eigenvalue weighted by Gasteiger charge is 2.31. The van der Waals surface area contributed by atoms with Crippen LogP contribution >= 0.6 is 0 Å². The third-order valence-electron chi connectivity index (χ3n) is 3.28. The van der Waals surface area contributed by atoms with Gasteiger partial charge >= 0.3 is 5.97 Å². The Bertz CT molecular complexity index is 603. The molecule has 0 fully saturated rings. The van der Waals surface area contributed by atoms with Crippen molar-refractivity contribution in [2.24, 2.45) is 0 Å². The second kappa shape index (κ2) is 7.09. The average molecular weight is 317 g/mol. The fourth-order valence-corrected chi connectivity index (χ4v) is 4.00. The Balaban J connectivity index is 3.01. The van der Waals surface area contributed by atoms with Crippen molar-refractivity contribution in [1.29, 1.82) is 0 Å². The van der Waals surface area contributed by atoms with E-state index in [-0.39, 0.29) is 28.0 Å². The van der Waals surface area contributed by atoms with Crippen molar-refractivity contribution in [3.05, 3.63) is 17.1 Å². The van der Waals surface area contributed by atoms with Gasteiger partial charge in [-0.1, -0.05) is 26.2 Å². The van der Waals surface area contributed by atoms with E-state index in [1.54, 1.807) is 6.92 Å². The Hall–Kier alpha value is -1.34. The number of aryl methyl sites for hydroxylation is 2. The standard InChI is InChI=1S/C14H23NO5S/c1-5-6-7-8-9(2)15-21(18,19)13-11(4)20-10(3)12(13)14(16)17/h9,15H,5-8H2,1-4H3,(H,16,17). The summed E-state index contributed by atoms with van der Waals surface area (Å²) in [6.45, 7) is 6.75. The number of aromatic carboxylic acids is 1. The molecule has 1 aromatic rings. The van der Waals surface area contributed by atoms with Crippen molar-refractivity contribution in [2.75, 3.05) is 0 Å². The lowest BCUT2D eigenvalue weighted by atomic mass is 10.1. The van der Waals surface area contributed by atoms with E-state index in [2.05, 4.69) is 11.6 Å². The molecule has 0 aromatic carbocycles. The Labute approximate surface area is 125 Å². The van der Waals surface area contributed by atoms with Crippen LogP contribution < -0.4 is 4.72 Å². The molecule has 0 saturated carbocycles. The zero-order valence-electron chi connectivity index (χ0n) is 12.9. The third-order valence-corrected chi connectivity index (χ3v) is 5.03. The first-order valence-corrected chi connectivity index (χ1v) is 8.54. The Morgan fingerprint density at radius 1 is 1.29 bits per heavy atom. The summed E-state index contributed by atoms with van der Waals surface area (Å²) < 4.78 is 32.5.